The first-order valence-corrected chi connectivity index (χ1v) is 8.45. The van der Waals surface area contributed by atoms with Gasteiger partial charge >= 0.3 is 0 Å². The normalized spacial score (nSPS) is 13.4. The van der Waals surface area contributed by atoms with Crippen LogP contribution in [0.4, 0.5) is 0 Å². The molecule has 1 aromatic heterocycles. The average Bonchev–Trinajstić information content (AvgIpc) is 2.47. The molecule has 2 aromatic rings. The van der Waals surface area contributed by atoms with E-state index in [0.717, 1.165) is 5.56 Å². The van der Waals surface area contributed by atoms with Crippen LogP contribution in [0.15, 0.2) is 48.7 Å². The van der Waals surface area contributed by atoms with Crippen LogP contribution in [0.2, 0.25) is 5.15 Å². The van der Waals surface area contributed by atoms with E-state index in [0.29, 0.717) is 11.3 Å². The Balaban J connectivity index is 2.21. The second-order valence-corrected chi connectivity index (χ2v) is 6.36. The smallest absolute Gasteiger partial charge is 0.254 e. The van der Waals surface area contributed by atoms with Crippen LogP contribution >= 0.6 is 11.6 Å². The number of benzene rings is 1. The third-order valence-corrected chi connectivity index (χ3v) is 4.02. The molecule has 0 fully saturated rings. The van der Waals surface area contributed by atoms with Gasteiger partial charge in [-0.25, -0.2) is 4.98 Å². The van der Waals surface area contributed by atoms with E-state index in [1.165, 1.54) is 6.20 Å². The number of carbonyl (C=O) groups excluding carboxylic acids is 1. The molecule has 0 aliphatic rings. The van der Waals surface area contributed by atoms with E-state index in [9.17, 15) is 9.00 Å². The number of amides is 1. The fraction of sp³-hybridized carbons (Fsp3) is 0.200. The first-order chi connectivity index (χ1) is 10.1. The molecule has 1 heterocycles. The molecule has 0 unspecified atom stereocenters. The van der Waals surface area contributed by atoms with Gasteiger partial charge < -0.3 is 5.32 Å². The van der Waals surface area contributed by atoms with Crippen molar-refractivity contribution >= 4 is 28.3 Å². The molecule has 2 rings (SSSR count). The Hall–Kier alpha value is -1.72. The molecule has 0 saturated carbocycles. The Bertz CT molecular complexity index is 649. The minimum atomic E-state index is -1.04. The van der Waals surface area contributed by atoms with E-state index in [4.69, 9.17) is 11.6 Å². The molecule has 6 heteroatoms. The SMILES string of the molecule is C[S@@](=O)C[C@H](NC(=O)c1cccnc1Cl)c1ccccc1. The molecule has 1 aromatic carbocycles. The summed E-state index contributed by atoms with van der Waals surface area (Å²) < 4.78 is 11.5. The fourth-order valence-corrected chi connectivity index (χ4v) is 2.88. The summed E-state index contributed by atoms with van der Waals surface area (Å²) in [5.74, 6) is 0.0144. The Kier molecular flexibility index (Phi) is 5.47. The zero-order valence-corrected chi connectivity index (χ0v) is 13.0. The van der Waals surface area contributed by atoms with Crippen molar-refractivity contribution in [3.63, 3.8) is 0 Å². The van der Waals surface area contributed by atoms with Crippen LogP contribution in [0.1, 0.15) is 22.0 Å². The second-order valence-electron chi connectivity index (χ2n) is 4.52. The van der Waals surface area contributed by atoms with Gasteiger partial charge in [-0.2, -0.15) is 0 Å². The Labute approximate surface area is 131 Å². The summed E-state index contributed by atoms with van der Waals surface area (Å²) in [4.78, 5) is 16.2. The number of hydrogen-bond acceptors (Lipinski definition) is 3. The van der Waals surface area contributed by atoms with Gasteiger partial charge in [-0.05, 0) is 17.7 Å². The van der Waals surface area contributed by atoms with Gasteiger partial charge in [0.2, 0.25) is 0 Å². The lowest BCUT2D eigenvalue weighted by Gasteiger charge is -2.18. The highest BCUT2D eigenvalue weighted by atomic mass is 35.5. The maximum absolute atomic E-state index is 12.3. The molecule has 0 saturated heterocycles. The first-order valence-electron chi connectivity index (χ1n) is 6.34. The highest BCUT2D eigenvalue weighted by Gasteiger charge is 2.18. The van der Waals surface area contributed by atoms with Gasteiger partial charge in [0.05, 0.1) is 11.6 Å². The maximum Gasteiger partial charge on any atom is 0.254 e. The minimum absolute atomic E-state index is 0.152. The third kappa shape index (κ3) is 4.37. The third-order valence-electron chi connectivity index (χ3n) is 2.91. The molecular formula is C15H15ClN2O2S. The molecule has 0 aliphatic heterocycles. The van der Waals surface area contributed by atoms with E-state index in [1.54, 1.807) is 18.4 Å². The first kappa shape index (κ1) is 15.7. The highest BCUT2D eigenvalue weighted by molar-refractivity contribution is 7.84. The molecular weight excluding hydrogens is 308 g/mol. The van der Waals surface area contributed by atoms with Crippen LogP contribution in [0.5, 0.6) is 0 Å². The van der Waals surface area contributed by atoms with E-state index in [-0.39, 0.29) is 17.1 Å². The van der Waals surface area contributed by atoms with Crippen LogP contribution in [0, 0.1) is 0 Å². The number of aromatic nitrogens is 1. The summed E-state index contributed by atoms with van der Waals surface area (Å²) in [6, 6.07) is 12.4. The predicted octanol–water partition coefficient (Wildman–Crippen LogP) is 2.58. The summed E-state index contributed by atoms with van der Waals surface area (Å²) in [5, 5.41) is 3.02. The molecule has 1 amide bonds. The number of nitrogens with one attached hydrogen (secondary N) is 1. The molecule has 0 radical (unpaired) electrons. The van der Waals surface area contributed by atoms with Crippen LogP contribution in [-0.2, 0) is 10.8 Å². The second kappa shape index (κ2) is 7.33. The number of pyridine rings is 1. The molecule has 0 spiro atoms. The van der Waals surface area contributed by atoms with Crippen LogP contribution in [0.3, 0.4) is 0 Å². The molecule has 2 atom stereocenters. The number of hydrogen-bond donors (Lipinski definition) is 1. The van der Waals surface area contributed by atoms with Crippen LogP contribution < -0.4 is 5.32 Å². The predicted molar refractivity (Wildman–Crippen MR) is 84.8 cm³/mol. The van der Waals surface area contributed by atoms with E-state index in [1.807, 2.05) is 30.3 Å². The van der Waals surface area contributed by atoms with Crippen molar-refractivity contribution in [2.24, 2.45) is 0 Å². The summed E-state index contributed by atoms with van der Waals surface area (Å²) in [7, 11) is -1.04. The van der Waals surface area contributed by atoms with Gasteiger partial charge in [0.15, 0.2) is 0 Å². The quantitative estimate of drug-likeness (QED) is 0.861. The number of nitrogens with zero attached hydrogens (tertiary/aromatic N) is 1. The highest BCUT2D eigenvalue weighted by Crippen LogP contribution is 2.17. The average molecular weight is 323 g/mol. The lowest BCUT2D eigenvalue weighted by molar-refractivity contribution is 0.0940. The molecule has 4 nitrogen and oxygen atoms in total. The minimum Gasteiger partial charge on any atom is -0.344 e. The molecule has 0 bridgehead atoms. The van der Waals surface area contributed by atoms with Crippen molar-refractivity contribution < 1.29 is 9.00 Å². The molecule has 21 heavy (non-hydrogen) atoms. The summed E-state index contributed by atoms with van der Waals surface area (Å²) in [5.41, 5.74) is 1.21. The van der Waals surface area contributed by atoms with Gasteiger partial charge in [-0.15, -0.1) is 0 Å². The molecule has 110 valence electrons. The van der Waals surface area contributed by atoms with Gasteiger partial charge in [-0.3, -0.25) is 9.00 Å². The Morgan fingerprint density at radius 1 is 1.29 bits per heavy atom. The van der Waals surface area contributed by atoms with Crippen LogP contribution in [0.25, 0.3) is 0 Å². The topological polar surface area (TPSA) is 59.1 Å². The summed E-state index contributed by atoms with van der Waals surface area (Å²) in [6.07, 6.45) is 3.13. The van der Waals surface area contributed by atoms with E-state index < -0.39 is 10.8 Å². The number of rotatable bonds is 5. The molecule has 0 aliphatic carbocycles. The zero-order chi connectivity index (χ0) is 15.2. The van der Waals surface area contributed by atoms with Crippen molar-refractivity contribution in [2.75, 3.05) is 12.0 Å². The number of carbonyl (C=O) groups is 1. The zero-order valence-electron chi connectivity index (χ0n) is 11.5. The van der Waals surface area contributed by atoms with E-state index >= 15 is 0 Å². The Morgan fingerprint density at radius 2 is 2.00 bits per heavy atom. The van der Waals surface area contributed by atoms with Crippen molar-refractivity contribution in [3.8, 4) is 0 Å². The van der Waals surface area contributed by atoms with Crippen molar-refractivity contribution in [1.29, 1.82) is 0 Å². The van der Waals surface area contributed by atoms with Gasteiger partial charge in [0, 0.05) is 29.0 Å². The van der Waals surface area contributed by atoms with E-state index in [2.05, 4.69) is 10.3 Å². The van der Waals surface area contributed by atoms with Gasteiger partial charge in [-0.1, -0.05) is 41.9 Å². The van der Waals surface area contributed by atoms with Crippen molar-refractivity contribution in [2.45, 2.75) is 6.04 Å². The van der Waals surface area contributed by atoms with Gasteiger partial charge in [0.1, 0.15) is 5.15 Å². The van der Waals surface area contributed by atoms with Crippen molar-refractivity contribution in [3.05, 3.63) is 64.9 Å². The Morgan fingerprint density at radius 3 is 2.62 bits per heavy atom. The lowest BCUT2D eigenvalue weighted by atomic mass is 10.1. The number of halogens is 1. The summed E-state index contributed by atoms with van der Waals surface area (Å²) in [6.45, 7) is 0. The maximum atomic E-state index is 12.3. The van der Waals surface area contributed by atoms with Gasteiger partial charge in [0.25, 0.3) is 5.91 Å². The monoisotopic (exact) mass is 322 g/mol. The summed E-state index contributed by atoms with van der Waals surface area (Å²) >= 11 is 5.92. The largest absolute Gasteiger partial charge is 0.344 e. The fourth-order valence-electron chi connectivity index (χ4n) is 1.93. The molecule has 1 N–H and O–H groups in total. The standard InChI is InChI=1S/C15H15ClN2O2S/c1-21(20)10-13(11-6-3-2-4-7-11)18-15(19)12-8-5-9-17-14(12)16/h2-9,13H,10H2,1H3,(H,18,19)/t13-,21+/m0/s1. The van der Waals surface area contributed by atoms with Crippen LogP contribution in [-0.4, -0.2) is 27.1 Å². The lowest BCUT2D eigenvalue weighted by Crippen LogP contribution is -2.32. The van der Waals surface area contributed by atoms with Crippen molar-refractivity contribution in [1.82, 2.24) is 10.3 Å².